The molecule has 1 aliphatic carbocycles. The average Bonchev–Trinajstić information content (AvgIpc) is 3.22. The number of benzene rings is 1. The summed E-state index contributed by atoms with van der Waals surface area (Å²) in [4.78, 5) is 38.1. The fourth-order valence-corrected chi connectivity index (χ4v) is 4.47. The van der Waals surface area contributed by atoms with Crippen molar-refractivity contribution in [3.63, 3.8) is 0 Å². The number of ether oxygens (including phenoxy) is 2. The Balaban J connectivity index is 1.79. The molecule has 0 spiro atoms. The summed E-state index contributed by atoms with van der Waals surface area (Å²) in [5.74, 6) is -0.203. The third-order valence-electron chi connectivity index (χ3n) is 4.35. The molecule has 0 fully saturated rings. The van der Waals surface area contributed by atoms with E-state index in [1.165, 1.54) is 11.3 Å². The molecule has 1 aliphatic rings. The van der Waals surface area contributed by atoms with Crippen LogP contribution in [0.25, 0.3) is 0 Å². The Morgan fingerprint density at radius 2 is 1.83 bits per heavy atom. The largest absolute Gasteiger partial charge is 0.491 e. The molecule has 1 aromatic carbocycles. The fraction of sp³-hybridized carbons (Fsp3) is 0.381. The Hall–Kier alpha value is -2.87. The number of nitrogens with one attached hydrogen (secondary N) is 2. The summed E-state index contributed by atoms with van der Waals surface area (Å²) in [6.45, 7) is 5.69. The van der Waals surface area contributed by atoms with Gasteiger partial charge in [-0.3, -0.25) is 14.9 Å². The number of carbonyl (C=O) groups is 3. The molecule has 0 bridgehead atoms. The molecule has 0 saturated carbocycles. The van der Waals surface area contributed by atoms with Gasteiger partial charge in [0.1, 0.15) is 10.8 Å². The summed E-state index contributed by atoms with van der Waals surface area (Å²) >= 11 is 1.38. The van der Waals surface area contributed by atoms with E-state index in [9.17, 15) is 14.4 Å². The second-order valence-corrected chi connectivity index (χ2v) is 7.99. The minimum Gasteiger partial charge on any atom is -0.491 e. The zero-order valence-electron chi connectivity index (χ0n) is 16.7. The normalized spacial score (nSPS) is 12.4. The number of amides is 3. The van der Waals surface area contributed by atoms with Gasteiger partial charge in [0.2, 0.25) is 0 Å². The summed E-state index contributed by atoms with van der Waals surface area (Å²) < 4.78 is 10.4. The lowest BCUT2D eigenvalue weighted by atomic mass is 10.1. The van der Waals surface area contributed by atoms with E-state index in [1.54, 1.807) is 31.2 Å². The van der Waals surface area contributed by atoms with E-state index in [2.05, 4.69) is 10.6 Å². The van der Waals surface area contributed by atoms with Crippen molar-refractivity contribution in [1.29, 1.82) is 0 Å². The maximum absolute atomic E-state index is 12.7. The summed E-state index contributed by atoms with van der Waals surface area (Å²) in [5.41, 5.74) is 1.70. The van der Waals surface area contributed by atoms with E-state index in [-0.39, 0.29) is 18.6 Å². The monoisotopic (exact) mass is 416 g/mol. The molecular formula is C21H24N2O5S. The summed E-state index contributed by atoms with van der Waals surface area (Å²) in [5, 5.41) is 5.51. The zero-order valence-corrected chi connectivity index (χ0v) is 17.5. The van der Waals surface area contributed by atoms with Crippen molar-refractivity contribution in [1.82, 2.24) is 5.32 Å². The van der Waals surface area contributed by atoms with Gasteiger partial charge in [-0.2, -0.15) is 0 Å². The molecule has 0 aliphatic heterocycles. The van der Waals surface area contributed by atoms with Crippen molar-refractivity contribution in [2.75, 3.05) is 11.9 Å². The average molecular weight is 416 g/mol. The quantitative estimate of drug-likeness (QED) is 0.737. The smallest absolute Gasteiger partial charge is 0.414 e. The molecule has 1 aromatic heterocycles. The Kier molecular flexibility index (Phi) is 6.53. The Bertz CT molecular complexity index is 918. The van der Waals surface area contributed by atoms with Crippen molar-refractivity contribution in [3.8, 4) is 5.75 Å². The van der Waals surface area contributed by atoms with Gasteiger partial charge in [-0.25, -0.2) is 4.79 Å². The molecule has 0 unspecified atom stereocenters. The lowest BCUT2D eigenvalue weighted by Gasteiger charge is -2.11. The molecule has 154 valence electrons. The number of alkyl carbamates (subject to hydrolysis) is 1. The van der Waals surface area contributed by atoms with Crippen LogP contribution in [0.5, 0.6) is 5.75 Å². The number of aryl methyl sites for hydroxylation is 1. The SMILES string of the molecule is CCOC(=O)NC(=O)c1c(NC(=O)c2ccc(OC(C)C)cc2)sc2c1CCC2. The van der Waals surface area contributed by atoms with Gasteiger partial charge < -0.3 is 14.8 Å². The fourth-order valence-electron chi connectivity index (χ4n) is 3.19. The number of imide groups is 1. The minimum absolute atomic E-state index is 0.0450. The van der Waals surface area contributed by atoms with Crippen molar-refractivity contribution >= 4 is 34.2 Å². The molecule has 8 heteroatoms. The highest BCUT2D eigenvalue weighted by Crippen LogP contribution is 2.39. The van der Waals surface area contributed by atoms with Gasteiger partial charge in [0.15, 0.2) is 0 Å². The van der Waals surface area contributed by atoms with Crippen LogP contribution in [0.15, 0.2) is 24.3 Å². The van der Waals surface area contributed by atoms with Crippen LogP contribution in [-0.2, 0) is 17.6 Å². The van der Waals surface area contributed by atoms with Gasteiger partial charge in [0, 0.05) is 10.4 Å². The lowest BCUT2D eigenvalue weighted by Crippen LogP contribution is -2.32. The van der Waals surface area contributed by atoms with Gasteiger partial charge in [0.25, 0.3) is 11.8 Å². The molecule has 1 heterocycles. The first-order chi connectivity index (χ1) is 13.9. The molecule has 0 atom stereocenters. The predicted octanol–water partition coefficient (Wildman–Crippen LogP) is 4.16. The van der Waals surface area contributed by atoms with E-state index in [0.29, 0.717) is 21.9 Å². The highest BCUT2D eigenvalue weighted by molar-refractivity contribution is 7.17. The Morgan fingerprint density at radius 1 is 1.10 bits per heavy atom. The number of fused-ring (bicyclic) bond motifs is 1. The van der Waals surface area contributed by atoms with Crippen LogP contribution < -0.4 is 15.4 Å². The number of hydrogen-bond donors (Lipinski definition) is 2. The van der Waals surface area contributed by atoms with Crippen molar-refractivity contribution in [3.05, 3.63) is 45.8 Å². The van der Waals surface area contributed by atoms with Gasteiger partial charge >= 0.3 is 6.09 Å². The maximum atomic E-state index is 12.7. The van der Waals surface area contributed by atoms with Crippen molar-refractivity contribution in [2.45, 2.75) is 46.1 Å². The second kappa shape index (κ2) is 9.09. The lowest BCUT2D eigenvalue weighted by molar-refractivity contribution is 0.0925. The summed E-state index contributed by atoms with van der Waals surface area (Å²) in [6.07, 6.45) is 1.80. The predicted molar refractivity (Wildman–Crippen MR) is 111 cm³/mol. The van der Waals surface area contributed by atoms with Crippen LogP contribution in [0.3, 0.4) is 0 Å². The minimum atomic E-state index is -0.798. The number of thiophene rings is 1. The van der Waals surface area contributed by atoms with Gasteiger partial charge in [-0.1, -0.05) is 0 Å². The molecule has 7 nitrogen and oxygen atoms in total. The van der Waals surface area contributed by atoms with Crippen molar-refractivity contribution in [2.24, 2.45) is 0 Å². The van der Waals surface area contributed by atoms with Gasteiger partial charge in [0.05, 0.1) is 18.3 Å². The van der Waals surface area contributed by atoms with Crippen LogP contribution in [0, 0.1) is 0 Å². The summed E-state index contributed by atoms with van der Waals surface area (Å²) in [6, 6.07) is 6.81. The zero-order chi connectivity index (χ0) is 21.0. The van der Waals surface area contributed by atoms with E-state index in [4.69, 9.17) is 9.47 Å². The van der Waals surface area contributed by atoms with Crippen LogP contribution in [0.4, 0.5) is 9.80 Å². The first kappa shape index (κ1) is 20.9. The second-order valence-electron chi connectivity index (χ2n) is 6.88. The van der Waals surface area contributed by atoms with Crippen molar-refractivity contribution < 1.29 is 23.9 Å². The molecule has 3 amide bonds. The van der Waals surface area contributed by atoms with Crippen LogP contribution in [-0.4, -0.2) is 30.6 Å². The van der Waals surface area contributed by atoms with E-state index in [0.717, 1.165) is 29.7 Å². The third kappa shape index (κ3) is 4.95. The van der Waals surface area contributed by atoms with Gasteiger partial charge in [-0.15, -0.1) is 11.3 Å². The molecule has 0 saturated heterocycles. The van der Waals surface area contributed by atoms with E-state index >= 15 is 0 Å². The van der Waals surface area contributed by atoms with E-state index < -0.39 is 12.0 Å². The standard InChI is InChI=1S/C21H24N2O5S/c1-4-27-21(26)23-19(25)17-15-6-5-7-16(15)29-20(17)22-18(24)13-8-10-14(11-9-13)28-12(2)3/h8-12H,4-7H2,1-3H3,(H,22,24)(H,23,25,26). The number of rotatable bonds is 6. The molecule has 2 N–H and O–H groups in total. The first-order valence-electron chi connectivity index (χ1n) is 9.59. The Morgan fingerprint density at radius 3 is 2.48 bits per heavy atom. The highest BCUT2D eigenvalue weighted by Gasteiger charge is 2.28. The third-order valence-corrected chi connectivity index (χ3v) is 5.56. The van der Waals surface area contributed by atoms with Crippen LogP contribution in [0.2, 0.25) is 0 Å². The van der Waals surface area contributed by atoms with Crippen LogP contribution in [0.1, 0.15) is 58.3 Å². The maximum Gasteiger partial charge on any atom is 0.414 e. The first-order valence-corrected chi connectivity index (χ1v) is 10.4. The Labute approximate surface area is 173 Å². The number of hydrogen-bond acceptors (Lipinski definition) is 6. The molecule has 2 aromatic rings. The molecule has 3 rings (SSSR count). The van der Waals surface area contributed by atoms with E-state index in [1.807, 2.05) is 13.8 Å². The number of carbonyl (C=O) groups excluding carboxylic acids is 3. The topological polar surface area (TPSA) is 93.7 Å². The van der Waals surface area contributed by atoms with Gasteiger partial charge in [-0.05, 0) is 69.9 Å². The summed E-state index contributed by atoms with van der Waals surface area (Å²) in [7, 11) is 0. The van der Waals surface area contributed by atoms with Crippen LogP contribution >= 0.6 is 11.3 Å². The molecular weight excluding hydrogens is 392 g/mol. The highest BCUT2D eigenvalue weighted by atomic mass is 32.1. The number of anilines is 1. The molecule has 29 heavy (non-hydrogen) atoms. The molecule has 0 radical (unpaired) electrons.